The van der Waals surface area contributed by atoms with E-state index in [2.05, 4.69) is 40.0 Å². The van der Waals surface area contributed by atoms with Crippen LogP contribution < -0.4 is 5.32 Å². The van der Waals surface area contributed by atoms with E-state index in [0.29, 0.717) is 0 Å². The molecule has 0 bridgehead atoms. The normalized spacial score (nSPS) is 17.7. The third-order valence-electron chi connectivity index (χ3n) is 4.24. The van der Waals surface area contributed by atoms with Gasteiger partial charge in [-0.1, -0.05) is 6.07 Å². The summed E-state index contributed by atoms with van der Waals surface area (Å²) >= 11 is 0. The van der Waals surface area contributed by atoms with Crippen LogP contribution in [0.2, 0.25) is 0 Å². The summed E-state index contributed by atoms with van der Waals surface area (Å²) in [6.07, 6.45) is 8.27. The van der Waals surface area contributed by atoms with Gasteiger partial charge in [0, 0.05) is 37.3 Å². The fourth-order valence-corrected chi connectivity index (χ4v) is 3.05. The maximum Gasteiger partial charge on any atom is 0.139 e. The first-order valence-corrected chi connectivity index (χ1v) is 8.06. The molecule has 1 fully saturated rings. The molecule has 118 valence electrons. The molecule has 0 amide bonds. The van der Waals surface area contributed by atoms with E-state index in [9.17, 15) is 0 Å². The third-order valence-corrected chi connectivity index (χ3v) is 4.24. The second kappa shape index (κ2) is 6.01. The fourth-order valence-electron chi connectivity index (χ4n) is 3.05. The predicted octanol–water partition coefficient (Wildman–Crippen LogP) is 3.30. The van der Waals surface area contributed by atoms with E-state index in [1.807, 2.05) is 12.1 Å². The van der Waals surface area contributed by atoms with Gasteiger partial charge in [0.15, 0.2) is 0 Å². The van der Waals surface area contributed by atoms with Gasteiger partial charge in [0.1, 0.15) is 17.2 Å². The second-order valence-electron chi connectivity index (χ2n) is 6.00. The van der Waals surface area contributed by atoms with Crippen LogP contribution in [0.4, 0.5) is 5.82 Å². The van der Waals surface area contributed by atoms with Crippen LogP contribution in [0.5, 0.6) is 0 Å². The molecule has 5 nitrogen and oxygen atoms in total. The topological polar surface area (TPSA) is 51.5 Å². The van der Waals surface area contributed by atoms with Crippen molar-refractivity contribution in [1.82, 2.24) is 14.4 Å². The van der Waals surface area contributed by atoms with Crippen molar-refractivity contribution in [2.24, 2.45) is 0 Å². The minimum atomic E-state index is 0.288. The van der Waals surface area contributed by atoms with E-state index in [1.165, 1.54) is 5.56 Å². The Balaban J connectivity index is 1.76. The Morgan fingerprint density at radius 2 is 2.13 bits per heavy atom. The molecule has 5 heteroatoms. The highest BCUT2D eigenvalue weighted by atomic mass is 16.5. The highest BCUT2D eigenvalue weighted by molar-refractivity contribution is 5.76. The molecular weight excluding hydrogens is 288 g/mol. The zero-order valence-electron chi connectivity index (χ0n) is 13.2. The molecule has 4 rings (SSSR count). The Labute approximate surface area is 135 Å². The first kappa shape index (κ1) is 14.2. The Kier molecular flexibility index (Phi) is 3.71. The van der Waals surface area contributed by atoms with Crippen LogP contribution in [0.15, 0.2) is 42.9 Å². The van der Waals surface area contributed by atoms with E-state index in [0.717, 1.165) is 48.7 Å². The Morgan fingerprint density at radius 1 is 1.26 bits per heavy atom. The molecule has 1 aliphatic rings. The third kappa shape index (κ3) is 2.80. The Morgan fingerprint density at radius 3 is 2.91 bits per heavy atom. The van der Waals surface area contributed by atoms with E-state index in [-0.39, 0.29) is 6.10 Å². The van der Waals surface area contributed by atoms with Gasteiger partial charge in [-0.2, -0.15) is 0 Å². The van der Waals surface area contributed by atoms with Crippen LogP contribution in [0.25, 0.3) is 16.9 Å². The molecule has 23 heavy (non-hydrogen) atoms. The molecular formula is C18H20N4O. The van der Waals surface area contributed by atoms with Crippen LogP contribution in [-0.2, 0) is 4.74 Å². The van der Waals surface area contributed by atoms with Crippen LogP contribution >= 0.6 is 0 Å². The van der Waals surface area contributed by atoms with Crippen molar-refractivity contribution in [3.05, 3.63) is 48.4 Å². The van der Waals surface area contributed by atoms with E-state index < -0.39 is 0 Å². The minimum Gasteiger partial charge on any atom is -0.376 e. The molecule has 3 aromatic rings. The highest BCUT2D eigenvalue weighted by Gasteiger charge is 2.18. The lowest BCUT2D eigenvalue weighted by molar-refractivity contribution is 0.120. The van der Waals surface area contributed by atoms with Gasteiger partial charge in [-0.05, 0) is 43.5 Å². The standard InChI is InChI=1S/C18H20N4O/c1-13-4-5-16-21-17(14-6-8-19-9-7-14)18(22(16)12-13)20-11-15-3-2-10-23-15/h4-9,12,15,20H,2-3,10-11H2,1H3/t15-/m0/s1. The quantitative estimate of drug-likeness (QED) is 0.803. The Hall–Kier alpha value is -2.40. The van der Waals surface area contributed by atoms with Crippen LogP contribution in [0.1, 0.15) is 18.4 Å². The number of fused-ring (bicyclic) bond motifs is 1. The summed E-state index contributed by atoms with van der Waals surface area (Å²) in [5, 5.41) is 3.56. The summed E-state index contributed by atoms with van der Waals surface area (Å²) in [5.74, 6) is 1.02. The molecule has 0 saturated carbocycles. The number of nitrogens with one attached hydrogen (secondary N) is 1. The number of ether oxygens (including phenoxy) is 1. The van der Waals surface area contributed by atoms with Gasteiger partial charge in [0.2, 0.25) is 0 Å². The molecule has 1 N–H and O–H groups in total. The summed E-state index contributed by atoms with van der Waals surface area (Å²) in [6, 6.07) is 8.12. The van der Waals surface area contributed by atoms with Gasteiger partial charge in [-0.3, -0.25) is 9.38 Å². The minimum absolute atomic E-state index is 0.288. The van der Waals surface area contributed by atoms with Gasteiger partial charge in [0.25, 0.3) is 0 Å². The smallest absolute Gasteiger partial charge is 0.139 e. The average Bonchev–Trinajstić information content (AvgIpc) is 3.21. The van der Waals surface area contributed by atoms with Crippen molar-refractivity contribution in [2.45, 2.75) is 25.9 Å². The molecule has 1 saturated heterocycles. The van der Waals surface area contributed by atoms with E-state index >= 15 is 0 Å². The SMILES string of the molecule is Cc1ccc2nc(-c3ccncc3)c(NC[C@@H]3CCCO3)n2c1. The lowest BCUT2D eigenvalue weighted by Crippen LogP contribution is -2.19. The van der Waals surface area contributed by atoms with E-state index in [4.69, 9.17) is 9.72 Å². The van der Waals surface area contributed by atoms with Crippen molar-refractivity contribution in [3.8, 4) is 11.3 Å². The number of pyridine rings is 2. The molecule has 4 heterocycles. The zero-order valence-corrected chi connectivity index (χ0v) is 13.2. The molecule has 0 spiro atoms. The number of hydrogen-bond acceptors (Lipinski definition) is 4. The van der Waals surface area contributed by atoms with Gasteiger partial charge in [-0.15, -0.1) is 0 Å². The maximum absolute atomic E-state index is 5.73. The predicted molar refractivity (Wildman–Crippen MR) is 90.6 cm³/mol. The summed E-state index contributed by atoms with van der Waals surface area (Å²) in [6.45, 7) is 3.77. The van der Waals surface area contributed by atoms with Crippen molar-refractivity contribution in [1.29, 1.82) is 0 Å². The lowest BCUT2D eigenvalue weighted by Gasteiger charge is -2.13. The molecule has 0 unspecified atom stereocenters. The molecule has 1 atom stereocenters. The van der Waals surface area contributed by atoms with Gasteiger partial charge in [-0.25, -0.2) is 4.98 Å². The largest absolute Gasteiger partial charge is 0.376 e. The molecule has 0 radical (unpaired) electrons. The fraction of sp³-hybridized carbons (Fsp3) is 0.333. The highest BCUT2D eigenvalue weighted by Crippen LogP contribution is 2.29. The maximum atomic E-state index is 5.73. The van der Waals surface area contributed by atoms with Crippen LogP contribution in [-0.4, -0.2) is 33.6 Å². The summed E-state index contributed by atoms with van der Waals surface area (Å²) in [4.78, 5) is 8.90. The first-order chi connectivity index (χ1) is 11.3. The second-order valence-corrected chi connectivity index (χ2v) is 6.00. The molecule has 0 aliphatic carbocycles. The average molecular weight is 308 g/mol. The number of hydrogen-bond donors (Lipinski definition) is 1. The molecule has 1 aliphatic heterocycles. The molecule has 3 aromatic heterocycles. The van der Waals surface area contributed by atoms with E-state index in [1.54, 1.807) is 12.4 Å². The van der Waals surface area contributed by atoms with Gasteiger partial charge < -0.3 is 10.1 Å². The molecule has 0 aromatic carbocycles. The number of anilines is 1. The summed E-state index contributed by atoms with van der Waals surface area (Å²) in [7, 11) is 0. The van der Waals surface area contributed by atoms with Crippen molar-refractivity contribution >= 4 is 11.5 Å². The lowest BCUT2D eigenvalue weighted by atomic mass is 10.2. The van der Waals surface area contributed by atoms with Gasteiger partial charge in [0.05, 0.1) is 6.10 Å². The Bertz CT molecular complexity index is 807. The number of aromatic nitrogens is 3. The van der Waals surface area contributed by atoms with Crippen molar-refractivity contribution < 1.29 is 4.74 Å². The summed E-state index contributed by atoms with van der Waals surface area (Å²) in [5.41, 5.74) is 4.17. The monoisotopic (exact) mass is 308 g/mol. The number of aryl methyl sites for hydroxylation is 1. The number of nitrogens with zero attached hydrogens (tertiary/aromatic N) is 3. The number of imidazole rings is 1. The number of rotatable bonds is 4. The van der Waals surface area contributed by atoms with Crippen LogP contribution in [0, 0.1) is 6.92 Å². The van der Waals surface area contributed by atoms with Crippen LogP contribution in [0.3, 0.4) is 0 Å². The zero-order chi connectivity index (χ0) is 15.6. The first-order valence-electron chi connectivity index (χ1n) is 8.06. The summed E-state index contributed by atoms with van der Waals surface area (Å²) < 4.78 is 7.86. The van der Waals surface area contributed by atoms with Crippen molar-refractivity contribution in [3.63, 3.8) is 0 Å². The van der Waals surface area contributed by atoms with Crippen molar-refractivity contribution in [2.75, 3.05) is 18.5 Å². The van der Waals surface area contributed by atoms with Gasteiger partial charge >= 0.3 is 0 Å².